The third-order valence-electron chi connectivity index (χ3n) is 6.38. The summed E-state index contributed by atoms with van der Waals surface area (Å²) in [6.07, 6.45) is 1.36. The zero-order chi connectivity index (χ0) is 25.2. The molecule has 1 N–H and O–H groups in total. The number of rotatable bonds is 4. The molecule has 0 aliphatic carbocycles. The Labute approximate surface area is 212 Å². The summed E-state index contributed by atoms with van der Waals surface area (Å²) >= 11 is 6.24. The number of amides is 1. The van der Waals surface area contributed by atoms with E-state index in [0.717, 1.165) is 11.5 Å². The van der Waals surface area contributed by atoms with E-state index >= 15 is 0 Å². The number of hydrogen-bond acceptors (Lipinski definition) is 8. The van der Waals surface area contributed by atoms with Crippen molar-refractivity contribution in [3.05, 3.63) is 69.1 Å². The summed E-state index contributed by atoms with van der Waals surface area (Å²) in [7, 11) is 0. The number of nitrogens with zero attached hydrogens (tertiary/aromatic N) is 6. The number of hydrogen-bond donors (Lipinski definition) is 1. The molecule has 1 amide bonds. The second kappa shape index (κ2) is 9.87. The van der Waals surface area contributed by atoms with Gasteiger partial charge in [0.05, 0.1) is 24.2 Å². The van der Waals surface area contributed by atoms with Crippen LogP contribution >= 0.6 is 11.6 Å². The van der Waals surface area contributed by atoms with E-state index in [1.165, 1.54) is 0 Å². The zero-order valence-electron chi connectivity index (χ0n) is 19.6. The van der Waals surface area contributed by atoms with E-state index in [-0.39, 0.29) is 17.9 Å². The molecular formula is C25H24ClN7O3. The third kappa shape index (κ3) is 4.83. The number of benzene rings is 1. The number of carbonyl (C=O) groups excluding carboxylic acids is 1. The number of carbonyl (C=O) groups is 1. The minimum Gasteiger partial charge on any atom is -0.486 e. The van der Waals surface area contributed by atoms with Crippen molar-refractivity contribution >= 4 is 34.8 Å². The molecular weight excluding hydrogens is 482 g/mol. The molecule has 2 aliphatic rings. The second-order valence-corrected chi connectivity index (χ2v) is 9.23. The van der Waals surface area contributed by atoms with Crippen molar-refractivity contribution in [1.29, 1.82) is 5.26 Å². The highest BCUT2D eigenvalue weighted by Crippen LogP contribution is 2.39. The van der Waals surface area contributed by atoms with E-state index in [0.29, 0.717) is 60.4 Å². The Morgan fingerprint density at radius 3 is 2.69 bits per heavy atom. The van der Waals surface area contributed by atoms with Crippen LogP contribution in [0.25, 0.3) is 0 Å². The number of nitriles is 1. The van der Waals surface area contributed by atoms with Gasteiger partial charge >= 0.3 is 0 Å². The van der Waals surface area contributed by atoms with Gasteiger partial charge in [0.1, 0.15) is 23.7 Å². The molecule has 4 heterocycles. The fourth-order valence-corrected chi connectivity index (χ4v) is 4.58. The average Bonchev–Trinajstić information content (AvgIpc) is 2.90. The molecule has 0 bridgehead atoms. The number of halogens is 1. The van der Waals surface area contributed by atoms with Gasteiger partial charge in [-0.05, 0) is 43.3 Å². The van der Waals surface area contributed by atoms with E-state index in [4.69, 9.17) is 21.6 Å². The van der Waals surface area contributed by atoms with Gasteiger partial charge in [0.2, 0.25) is 5.91 Å². The molecule has 1 unspecified atom stereocenters. The second-order valence-electron chi connectivity index (χ2n) is 8.79. The van der Waals surface area contributed by atoms with Gasteiger partial charge in [-0.25, -0.2) is 10.1 Å². The van der Waals surface area contributed by atoms with Gasteiger partial charge in [-0.3, -0.25) is 9.59 Å². The van der Waals surface area contributed by atoms with Crippen molar-refractivity contribution in [3.63, 3.8) is 0 Å². The number of piperazine rings is 1. The average molecular weight is 506 g/mol. The Morgan fingerprint density at radius 1 is 1.19 bits per heavy atom. The Kier molecular flexibility index (Phi) is 6.48. The molecule has 2 aliphatic heterocycles. The van der Waals surface area contributed by atoms with Gasteiger partial charge in [0.15, 0.2) is 5.82 Å². The molecule has 0 saturated carbocycles. The van der Waals surface area contributed by atoms with E-state index in [9.17, 15) is 9.59 Å². The van der Waals surface area contributed by atoms with Crippen molar-refractivity contribution in [1.82, 2.24) is 20.1 Å². The number of anilines is 3. The lowest BCUT2D eigenvalue weighted by atomic mass is 10.1. The van der Waals surface area contributed by atoms with E-state index < -0.39 is 6.10 Å². The molecule has 0 radical (unpaired) electrons. The third-order valence-corrected chi connectivity index (χ3v) is 6.61. The van der Waals surface area contributed by atoms with Gasteiger partial charge in [0.25, 0.3) is 5.56 Å². The largest absolute Gasteiger partial charge is 0.486 e. The summed E-state index contributed by atoms with van der Waals surface area (Å²) < 4.78 is 6.17. The normalized spacial score (nSPS) is 17.2. The highest BCUT2D eigenvalue weighted by molar-refractivity contribution is 6.31. The lowest BCUT2D eigenvalue weighted by Gasteiger charge is -2.38. The molecule has 184 valence electrons. The number of aromatic amines is 1. The number of aryl methyl sites for hydroxylation is 1. The highest BCUT2D eigenvalue weighted by Gasteiger charge is 2.32. The zero-order valence-corrected chi connectivity index (χ0v) is 20.4. The lowest BCUT2D eigenvalue weighted by Crippen LogP contribution is -2.50. The molecule has 2 aromatic heterocycles. The van der Waals surface area contributed by atoms with Crippen LogP contribution in [-0.2, 0) is 4.79 Å². The van der Waals surface area contributed by atoms with Crippen LogP contribution in [0.5, 0.6) is 5.75 Å². The van der Waals surface area contributed by atoms with Gasteiger partial charge in [0, 0.05) is 43.0 Å². The summed E-state index contributed by atoms with van der Waals surface area (Å²) in [5.74, 6) is 1.97. The highest BCUT2D eigenvalue weighted by atomic mass is 35.5. The maximum atomic E-state index is 13.2. The molecule has 10 nitrogen and oxygen atoms in total. The smallest absolute Gasteiger partial charge is 0.267 e. The minimum absolute atomic E-state index is 0.00964. The number of ether oxygens (including phenoxy) is 1. The fraction of sp³-hybridized carbons (Fsp3) is 0.320. The van der Waals surface area contributed by atoms with E-state index in [2.05, 4.69) is 26.2 Å². The van der Waals surface area contributed by atoms with Crippen LogP contribution in [0.15, 0.2) is 47.4 Å². The Balaban J connectivity index is 1.27. The monoisotopic (exact) mass is 505 g/mol. The Bertz CT molecular complexity index is 1380. The molecule has 5 rings (SSSR count). The van der Waals surface area contributed by atoms with Gasteiger partial charge in [-0.2, -0.15) is 10.4 Å². The molecule has 1 atom stereocenters. The van der Waals surface area contributed by atoms with Crippen molar-refractivity contribution in [2.45, 2.75) is 19.4 Å². The number of aromatic nitrogens is 3. The van der Waals surface area contributed by atoms with Crippen molar-refractivity contribution in [2.75, 3.05) is 42.5 Å². The first kappa shape index (κ1) is 23.6. The Morgan fingerprint density at radius 2 is 2.00 bits per heavy atom. The summed E-state index contributed by atoms with van der Waals surface area (Å²) in [5.41, 5.74) is 1.54. The predicted molar refractivity (Wildman–Crippen MR) is 135 cm³/mol. The molecule has 3 aromatic rings. The first-order valence-corrected chi connectivity index (χ1v) is 12.0. The van der Waals surface area contributed by atoms with Crippen molar-refractivity contribution in [3.8, 4) is 11.8 Å². The van der Waals surface area contributed by atoms with Crippen molar-refractivity contribution < 1.29 is 9.53 Å². The minimum atomic E-state index is -0.404. The van der Waals surface area contributed by atoms with Crippen LogP contribution in [0.2, 0.25) is 5.02 Å². The predicted octanol–water partition coefficient (Wildman–Crippen LogP) is 2.64. The molecule has 1 fully saturated rings. The Hall–Kier alpha value is -4.10. The number of H-pyrrole nitrogens is 1. The van der Waals surface area contributed by atoms with Gasteiger partial charge < -0.3 is 19.4 Å². The number of nitrogens with one attached hydrogen (secondary N) is 1. The first-order chi connectivity index (χ1) is 17.4. The van der Waals surface area contributed by atoms with Crippen molar-refractivity contribution in [2.24, 2.45) is 0 Å². The number of pyridine rings is 1. The summed E-state index contributed by atoms with van der Waals surface area (Å²) in [4.78, 5) is 35.2. The summed E-state index contributed by atoms with van der Waals surface area (Å²) in [6.45, 7) is 4.56. The van der Waals surface area contributed by atoms with E-state index in [1.807, 2.05) is 15.9 Å². The molecule has 1 saturated heterocycles. The van der Waals surface area contributed by atoms with E-state index in [1.54, 1.807) is 43.5 Å². The first-order valence-electron chi connectivity index (χ1n) is 11.6. The molecule has 11 heteroatoms. The fourth-order valence-electron chi connectivity index (χ4n) is 4.42. The molecule has 0 spiro atoms. The topological polar surface area (TPSA) is 118 Å². The van der Waals surface area contributed by atoms with Crippen LogP contribution in [-0.4, -0.2) is 64.8 Å². The lowest BCUT2D eigenvalue weighted by molar-refractivity contribution is -0.133. The summed E-state index contributed by atoms with van der Waals surface area (Å²) in [5, 5.41) is 16.2. The van der Waals surface area contributed by atoms with Gasteiger partial charge in [-0.1, -0.05) is 11.6 Å². The van der Waals surface area contributed by atoms with Gasteiger partial charge in [-0.15, -0.1) is 0 Å². The molecule has 36 heavy (non-hydrogen) atoms. The van der Waals surface area contributed by atoms with Crippen LogP contribution in [0.3, 0.4) is 0 Å². The van der Waals surface area contributed by atoms with Crippen LogP contribution in [0.1, 0.15) is 17.5 Å². The summed E-state index contributed by atoms with van der Waals surface area (Å²) in [6, 6.07) is 12.7. The van der Waals surface area contributed by atoms with Crippen LogP contribution < -0.4 is 20.1 Å². The maximum Gasteiger partial charge on any atom is 0.267 e. The SMILES string of the molecule is Cc1cc(N2CC(CC(=O)N3CCN(c4ccc(C#N)cn4)CC3)Oc3ccc(Cl)cc32)n[nH]c1=O. The standard InChI is InChI=1S/C25H24ClN7O3/c1-16-10-23(29-30-25(16)35)33-15-19(36-21-4-3-18(26)11-20(21)33)12-24(34)32-8-6-31(7-9-32)22-5-2-17(13-27)14-28-22/h2-5,10-11,14,19H,6-9,12,15H2,1H3,(H,30,35). The van der Waals surface area contributed by atoms with Crippen LogP contribution in [0, 0.1) is 18.3 Å². The molecule has 1 aromatic carbocycles. The number of fused-ring (bicyclic) bond motifs is 1. The quantitative estimate of drug-likeness (QED) is 0.575. The van der Waals surface area contributed by atoms with Crippen LogP contribution in [0.4, 0.5) is 17.3 Å². The maximum absolute atomic E-state index is 13.2.